The summed E-state index contributed by atoms with van der Waals surface area (Å²) in [4.78, 5) is 27.5. The molecule has 2 fully saturated rings. The van der Waals surface area contributed by atoms with Crippen LogP contribution in [0.5, 0.6) is 0 Å². The minimum absolute atomic E-state index is 0.0361. The van der Waals surface area contributed by atoms with Crippen molar-refractivity contribution in [3.05, 3.63) is 48.0 Å². The van der Waals surface area contributed by atoms with Crippen molar-refractivity contribution in [2.24, 2.45) is 0 Å². The fourth-order valence-electron chi connectivity index (χ4n) is 4.25. The van der Waals surface area contributed by atoms with E-state index in [4.69, 9.17) is 4.74 Å². The van der Waals surface area contributed by atoms with Crippen LogP contribution in [0.4, 0.5) is 4.79 Å². The first kappa shape index (κ1) is 17.1. The lowest BCUT2D eigenvalue weighted by molar-refractivity contribution is -0.130. The molecule has 6 heteroatoms. The van der Waals surface area contributed by atoms with Crippen LogP contribution >= 0.6 is 0 Å². The van der Waals surface area contributed by atoms with Crippen molar-refractivity contribution in [3.8, 4) is 0 Å². The van der Waals surface area contributed by atoms with Crippen LogP contribution in [0.2, 0.25) is 0 Å². The third-order valence-electron chi connectivity index (χ3n) is 5.81. The van der Waals surface area contributed by atoms with Crippen molar-refractivity contribution >= 4 is 11.9 Å². The van der Waals surface area contributed by atoms with Crippen molar-refractivity contribution < 1.29 is 14.3 Å². The fourth-order valence-corrected chi connectivity index (χ4v) is 4.25. The maximum atomic E-state index is 12.5. The summed E-state index contributed by atoms with van der Waals surface area (Å²) in [5.74, 6) is -0.0801. The Morgan fingerprint density at radius 3 is 2.65 bits per heavy atom. The molecule has 1 spiro atoms. The maximum absolute atomic E-state index is 12.5. The van der Waals surface area contributed by atoms with Gasteiger partial charge in [-0.1, -0.05) is 30.8 Å². The number of hydrogen-bond acceptors (Lipinski definition) is 3. The van der Waals surface area contributed by atoms with Crippen LogP contribution in [-0.4, -0.2) is 60.6 Å². The van der Waals surface area contributed by atoms with Gasteiger partial charge < -0.3 is 19.9 Å². The Balaban J connectivity index is 1.33. The van der Waals surface area contributed by atoms with E-state index in [-0.39, 0.29) is 23.6 Å². The van der Waals surface area contributed by atoms with Gasteiger partial charge >= 0.3 is 6.03 Å². The number of amides is 3. The van der Waals surface area contributed by atoms with Crippen LogP contribution in [0.15, 0.2) is 36.9 Å². The molecule has 0 aromatic heterocycles. The lowest BCUT2D eigenvalue weighted by Gasteiger charge is -2.46. The minimum atomic E-state index is -0.241. The number of nitrogens with zero attached hydrogens (tertiary/aromatic N) is 2. The highest BCUT2D eigenvalue weighted by Gasteiger charge is 2.42. The molecule has 0 saturated carbocycles. The van der Waals surface area contributed by atoms with Crippen molar-refractivity contribution in [2.45, 2.75) is 30.9 Å². The van der Waals surface area contributed by atoms with Crippen molar-refractivity contribution in [2.75, 3.05) is 32.8 Å². The Kier molecular flexibility index (Phi) is 4.44. The van der Waals surface area contributed by atoms with E-state index >= 15 is 0 Å². The summed E-state index contributed by atoms with van der Waals surface area (Å²) in [5, 5.41) is 3.02. The molecule has 0 atom stereocenters. The molecule has 0 bridgehead atoms. The smallest absolute Gasteiger partial charge is 0.317 e. The molecule has 138 valence electrons. The highest BCUT2D eigenvalue weighted by atomic mass is 16.5. The quantitative estimate of drug-likeness (QED) is 0.821. The molecule has 1 N–H and O–H groups in total. The van der Waals surface area contributed by atoms with E-state index < -0.39 is 0 Å². The van der Waals surface area contributed by atoms with Crippen LogP contribution in [0, 0.1) is 0 Å². The molecule has 1 aromatic carbocycles. The largest absolute Gasteiger partial charge is 0.370 e. The summed E-state index contributed by atoms with van der Waals surface area (Å²) < 4.78 is 6.22. The summed E-state index contributed by atoms with van der Waals surface area (Å²) in [6.45, 7) is 6.72. The Morgan fingerprint density at radius 1 is 1.19 bits per heavy atom. The third-order valence-corrected chi connectivity index (χ3v) is 5.81. The van der Waals surface area contributed by atoms with Crippen LogP contribution in [0.3, 0.4) is 0 Å². The first-order valence-electron chi connectivity index (χ1n) is 9.30. The molecule has 3 aliphatic heterocycles. The Bertz CT molecular complexity index is 719. The number of urea groups is 1. The van der Waals surface area contributed by atoms with Gasteiger partial charge in [0.1, 0.15) is 0 Å². The van der Waals surface area contributed by atoms with E-state index in [1.165, 1.54) is 17.2 Å². The number of benzene rings is 1. The zero-order valence-electron chi connectivity index (χ0n) is 14.9. The first-order valence-corrected chi connectivity index (χ1v) is 9.30. The molecule has 26 heavy (non-hydrogen) atoms. The van der Waals surface area contributed by atoms with Gasteiger partial charge in [-0.3, -0.25) is 4.79 Å². The molecule has 3 heterocycles. The van der Waals surface area contributed by atoms with Crippen molar-refractivity contribution in [1.82, 2.24) is 15.1 Å². The predicted octanol–water partition coefficient (Wildman–Crippen LogP) is 1.66. The molecule has 4 rings (SSSR count). The molecule has 0 unspecified atom stereocenters. The lowest BCUT2D eigenvalue weighted by Crippen LogP contribution is -2.63. The number of piperidine rings is 1. The molecular formula is C20H25N3O3. The van der Waals surface area contributed by atoms with E-state index in [1.54, 1.807) is 4.90 Å². The molecule has 3 amide bonds. The summed E-state index contributed by atoms with van der Waals surface area (Å²) in [6, 6.07) is 8.50. The second kappa shape index (κ2) is 6.76. The summed E-state index contributed by atoms with van der Waals surface area (Å²) in [5.41, 5.74) is 2.43. The zero-order valence-corrected chi connectivity index (χ0v) is 14.9. The molecule has 0 radical (unpaired) electrons. The number of hydrogen-bond donors (Lipinski definition) is 1. The minimum Gasteiger partial charge on any atom is -0.370 e. The van der Waals surface area contributed by atoms with Crippen LogP contribution < -0.4 is 5.32 Å². The van der Waals surface area contributed by atoms with E-state index in [1.807, 2.05) is 4.90 Å². The van der Waals surface area contributed by atoms with Crippen LogP contribution in [-0.2, 0) is 21.6 Å². The Labute approximate surface area is 153 Å². The second-order valence-corrected chi connectivity index (χ2v) is 7.33. The number of rotatable bonds is 2. The highest BCUT2D eigenvalue weighted by Crippen LogP contribution is 2.41. The van der Waals surface area contributed by atoms with Crippen LogP contribution in [0.1, 0.15) is 24.0 Å². The van der Waals surface area contributed by atoms with Gasteiger partial charge in [0.15, 0.2) is 0 Å². The fraction of sp³-hybridized carbons (Fsp3) is 0.500. The van der Waals surface area contributed by atoms with Gasteiger partial charge in [0.05, 0.1) is 18.2 Å². The maximum Gasteiger partial charge on any atom is 0.317 e. The zero-order chi connectivity index (χ0) is 18.1. The molecular weight excluding hydrogens is 330 g/mol. The summed E-state index contributed by atoms with van der Waals surface area (Å²) >= 11 is 0. The normalized spacial score (nSPS) is 21.7. The number of likely N-dealkylation sites (tertiary alicyclic amines) is 2. The SMILES string of the molecule is C=CC(=O)N1CC(NC(=O)N2CCC3(CC2)OCCc2ccccc23)C1. The molecule has 0 aliphatic carbocycles. The van der Waals surface area contributed by atoms with E-state index in [2.05, 4.69) is 36.2 Å². The van der Waals surface area contributed by atoms with E-state index in [9.17, 15) is 9.59 Å². The van der Waals surface area contributed by atoms with E-state index in [0.717, 1.165) is 25.9 Å². The van der Waals surface area contributed by atoms with Gasteiger partial charge in [0, 0.05) is 26.2 Å². The van der Waals surface area contributed by atoms with Crippen molar-refractivity contribution in [3.63, 3.8) is 0 Å². The number of nitrogens with one attached hydrogen (secondary N) is 1. The van der Waals surface area contributed by atoms with Crippen molar-refractivity contribution in [1.29, 1.82) is 0 Å². The standard InChI is InChI=1S/C20H25N3O3/c1-2-18(24)23-13-16(14-23)21-19(25)22-10-8-20(9-11-22)17-6-4-3-5-15(17)7-12-26-20/h2-6,16H,1,7-14H2,(H,21,25). The number of ether oxygens (including phenoxy) is 1. The number of carbonyl (C=O) groups is 2. The number of fused-ring (bicyclic) bond motifs is 2. The van der Waals surface area contributed by atoms with E-state index in [0.29, 0.717) is 26.2 Å². The van der Waals surface area contributed by atoms with Crippen LogP contribution in [0.25, 0.3) is 0 Å². The van der Waals surface area contributed by atoms with Gasteiger partial charge in [-0.2, -0.15) is 0 Å². The third kappa shape index (κ3) is 2.98. The monoisotopic (exact) mass is 355 g/mol. The summed E-state index contributed by atoms with van der Waals surface area (Å²) in [6.07, 6.45) is 3.92. The average molecular weight is 355 g/mol. The average Bonchev–Trinajstić information content (AvgIpc) is 2.64. The van der Waals surface area contributed by atoms with Gasteiger partial charge in [0.25, 0.3) is 0 Å². The molecule has 6 nitrogen and oxygen atoms in total. The second-order valence-electron chi connectivity index (χ2n) is 7.33. The topological polar surface area (TPSA) is 61.9 Å². The Morgan fingerprint density at radius 2 is 1.92 bits per heavy atom. The first-order chi connectivity index (χ1) is 12.6. The number of carbonyl (C=O) groups excluding carboxylic acids is 2. The van der Waals surface area contributed by atoms with Gasteiger partial charge in [-0.15, -0.1) is 0 Å². The molecule has 3 aliphatic rings. The van der Waals surface area contributed by atoms with Gasteiger partial charge in [-0.25, -0.2) is 4.79 Å². The molecule has 2 saturated heterocycles. The summed E-state index contributed by atoms with van der Waals surface area (Å²) in [7, 11) is 0. The Hall–Kier alpha value is -2.34. The van der Waals surface area contributed by atoms with Gasteiger partial charge in [-0.05, 0) is 36.5 Å². The van der Waals surface area contributed by atoms with Gasteiger partial charge in [0.2, 0.25) is 5.91 Å². The molecule has 1 aromatic rings. The highest BCUT2D eigenvalue weighted by molar-refractivity contribution is 5.88. The lowest BCUT2D eigenvalue weighted by atomic mass is 9.79. The predicted molar refractivity (Wildman–Crippen MR) is 97.7 cm³/mol.